The van der Waals surface area contributed by atoms with Crippen molar-refractivity contribution in [2.45, 2.75) is 79.1 Å². The van der Waals surface area contributed by atoms with Crippen molar-refractivity contribution in [1.29, 1.82) is 0 Å². The Morgan fingerprint density at radius 2 is 0.760 bits per heavy atom. The number of unbranched alkanes of at least 4 members (excludes halogenated alkanes) is 2. The molecule has 2 heteroatoms. The normalized spacial score (nSPS) is 14.9. The molecule has 6 aromatic rings. The Balaban J connectivity index is 1.40. The molecule has 50 heavy (non-hydrogen) atoms. The summed E-state index contributed by atoms with van der Waals surface area (Å²) in [6, 6.07) is 36.4. The Hall–Kier alpha value is -4.56. The van der Waals surface area contributed by atoms with E-state index in [0.717, 1.165) is 37.6 Å². The van der Waals surface area contributed by atoms with Gasteiger partial charge in [-0.15, -0.1) is 0 Å². The van der Waals surface area contributed by atoms with Gasteiger partial charge in [-0.2, -0.15) is 0 Å². The van der Waals surface area contributed by atoms with Crippen LogP contribution in [0, 0.1) is 11.8 Å². The first kappa shape index (κ1) is 32.6. The molecule has 0 N–H and O–H groups in total. The van der Waals surface area contributed by atoms with E-state index >= 15 is 0 Å². The second-order valence-electron chi connectivity index (χ2n) is 14.8. The fourth-order valence-corrected chi connectivity index (χ4v) is 8.28. The highest BCUT2D eigenvalue weighted by molar-refractivity contribution is 6.25. The SMILES string of the molecule is CCCCC(CC)COC1=c2cc3cc4ccccc4cc3cc2=C2C(OCC(CC)CCCC)=c3cc4cc5ccccc5cc4cc3=C12. The zero-order chi connectivity index (χ0) is 34.2. The summed E-state index contributed by atoms with van der Waals surface area (Å²) in [5.74, 6) is 3.12. The fourth-order valence-electron chi connectivity index (χ4n) is 8.28. The van der Waals surface area contributed by atoms with Gasteiger partial charge in [0.15, 0.2) is 0 Å². The van der Waals surface area contributed by atoms with Gasteiger partial charge in [0.1, 0.15) is 11.5 Å². The highest BCUT2D eigenvalue weighted by atomic mass is 16.5. The summed E-state index contributed by atoms with van der Waals surface area (Å²) < 4.78 is 14.2. The Kier molecular flexibility index (Phi) is 9.13. The molecule has 0 saturated carbocycles. The lowest BCUT2D eigenvalue weighted by molar-refractivity contribution is 0.203. The van der Waals surface area contributed by atoms with Gasteiger partial charge in [-0.25, -0.2) is 0 Å². The minimum absolute atomic E-state index is 0.535. The second-order valence-corrected chi connectivity index (χ2v) is 14.8. The molecule has 0 fully saturated rings. The number of fused-ring (bicyclic) bond motifs is 7. The average Bonchev–Trinajstić information content (AvgIpc) is 3.62. The largest absolute Gasteiger partial charge is 0.492 e. The van der Waals surface area contributed by atoms with Gasteiger partial charge >= 0.3 is 0 Å². The summed E-state index contributed by atoms with van der Waals surface area (Å²) in [4.78, 5) is 0. The lowest BCUT2D eigenvalue weighted by atomic mass is 10.00. The molecule has 2 nitrogen and oxygen atoms in total. The fraction of sp³-hybridized carbons (Fsp3) is 0.333. The van der Waals surface area contributed by atoms with E-state index in [-0.39, 0.29) is 0 Å². The summed E-state index contributed by atoms with van der Waals surface area (Å²) in [5, 5.41) is 15.0. The maximum Gasteiger partial charge on any atom is 0.135 e. The van der Waals surface area contributed by atoms with Gasteiger partial charge in [0.2, 0.25) is 0 Å². The molecule has 0 radical (unpaired) electrons. The Morgan fingerprint density at radius 3 is 1.08 bits per heavy atom. The topological polar surface area (TPSA) is 18.5 Å². The molecule has 0 amide bonds. The Bertz CT molecular complexity index is 2330. The monoisotopic (exact) mass is 658 g/mol. The lowest BCUT2D eigenvalue weighted by Crippen LogP contribution is -2.30. The molecule has 2 aliphatic carbocycles. The zero-order valence-corrected chi connectivity index (χ0v) is 30.3. The zero-order valence-electron chi connectivity index (χ0n) is 30.3. The molecule has 254 valence electrons. The molecule has 2 unspecified atom stereocenters. The van der Waals surface area contributed by atoms with E-state index < -0.39 is 0 Å². The van der Waals surface area contributed by atoms with E-state index in [2.05, 4.69) is 125 Å². The van der Waals surface area contributed by atoms with Gasteiger partial charge in [-0.3, -0.25) is 0 Å². The summed E-state index contributed by atoms with van der Waals surface area (Å²) in [5.41, 5.74) is 2.43. The van der Waals surface area contributed by atoms with Crippen molar-refractivity contribution in [1.82, 2.24) is 0 Å². The van der Waals surface area contributed by atoms with Crippen LogP contribution in [0.4, 0.5) is 0 Å². The predicted octanol–water partition coefficient (Wildman–Crippen LogP) is 10.0. The van der Waals surface area contributed by atoms with Crippen LogP contribution in [0.25, 0.3) is 65.8 Å². The van der Waals surface area contributed by atoms with Crippen LogP contribution >= 0.6 is 0 Å². The van der Waals surface area contributed by atoms with E-state index in [1.54, 1.807) is 0 Å². The van der Waals surface area contributed by atoms with Crippen molar-refractivity contribution >= 4 is 65.8 Å². The van der Waals surface area contributed by atoms with Gasteiger partial charge < -0.3 is 9.47 Å². The van der Waals surface area contributed by atoms with E-state index in [1.807, 2.05) is 0 Å². The number of benzene rings is 6. The molecule has 2 aliphatic rings. The molecule has 0 heterocycles. The Morgan fingerprint density at radius 1 is 0.420 bits per heavy atom. The maximum absolute atomic E-state index is 7.11. The van der Waals surface area contributed by atoms with Crippen LogP contribution < -0.4 is 20.9 Å². The lowest BCUT2D eigenvalue weighted by Gasteiger charge is -2.19. The standard InChI is InChI=1S/C48H50O2/c1-5-9-15-31(7-3)29-49-47-43-27-39-23-35-19-13-11-17-33(35)21-37(39)25-41(43)46-45(47)42-26-38-22-34-18-12-14-20-36(34)24-40(38)28-44(42)48(46)50-30-32(8-4)16-10-6-2/h11-14,17-28,31-32H,5-10,15-16,29-30H2,1-4H3. The molecule has 0 spiro atoms. The molecule has 0 bridgehead atoms. The molecule has 2 atom stereocenters. The van der Waals surface area contributed by atoms with E-state index in [1.165, 1.54) is 114 Å². The summed E-state index contributed by atoms with van der Waals surface area (Å²) in [6.07, 6.45) is 9.57. The first-order valence-corrected chi connectivity index (χ1v) is 19.3. The van der Waals surface area contributed by atoms with Gasteiger partial charge in [0.25, 0.3) is 0 Å². The van der Waals surface area contributed by atoms with E-state index in [4.69, 9.17) is 9.47 Å². The maximum atomic E-state index is 7.11. The van der Waals surface area contributed by atoms with Crippen LogP contribution in [0.1, 0.15) is 79.1 Å². The third-order valence-corrected chi connectivity index (χ3v) is 11.4. The van der Waals surface area contributed by atoms with Gasteiger partial charge in [-0.1, -0.05) is 115 Å². The molecule has 0 aliphatic heterocycles. The minimum atomic E-state index is 0.535. The molecular formula is C48H50O2. The van der Waals surface area contributed by atoms with Gasteiger partial charge in [-0.05, 0) is 127 Å². The number of ether oxygens (including phenoxy) is 2. The van der Waals surface area contributed by atoms with Gasteiger partial charge in [0.05, 0.1) is 13.2 Å². The summed E-state index contributed by atoms with van der Waals surface area (Å²) in [7, 11) is 0. The van der Waals surface area contributed by atoms with Crippen LogP contribution in [0.2, 0.25) is 0 Å². The molecular weight excluding hydrogens is 609 g/mol. The quantitative estimate of drug-likeness (QED) is 0.109. The van der Waals surface area contributed by atoms with Crippen LogP contribution in [0.15, 0.2) is 97.1 Å². The van der Waals surface area contributed by atoms with Crippen LogP contribution in [0.5, 0.6) is 0 Å². The third kappa shape index (κ3) is 5.87. The molecule has 0 saturated heterocycles. The van der Waals surface area contributed by atoms with Crippen molar-refractivity contribution in [2.24, 2.45) is 11.8 Å². The van der Waals surface area contributed by atoms with Crippen LogP contribution in [-0.2, 0) is 9.47 Å². The number of hydrogen-bond acceptors (Lipinski definition) is 2. The van der Waals surface area contributed by atoms with E-state index in [0.29, 0.717) is 11.8 Å². The predicted molar refractivity (Wildman–Crippen MR) is 214 cm³/mol. The molecule has 8 rings (SSSR count). The van der Waals surface area contributed by atoms with Crippen LogP contribution in [0.3, 0.4) is 0 Å². The first-order chi connectivity index (χ1) is 24.6. The smallest absolute Gasteiger partial charge is 0.135 e. The van der Waals surface area contributed by atoms with Crippen molar-refractivity contribution in [3.63, 3.8) is 0 Å². The van der Waals surface area contributed by atoms with Crippen molar-refractivity contribution in [2.75, 3.05) is 13.2 Å². The van der Waals surface area contributed by atoms with Crippen molar-refractivity contribution in [3.8, 4) is 0 Å². The minimum Gasteiger partial charge on any atom is -0.492 e. The van der Waals surface area contributed by atoms with Crippen LogP contribution in [-0.4, -0.2) is 13.2 Å². The Labute approximate surface area is 296 Å². The average molecular weight is 659 g/mol. The highest BCUT2D eigenvalue weighted by Gasteiger charge is 2.32. The van der Waals surface area contributed by atoms with Crippen molar-refractivity contribution < 1.29 is 9.47 Å². The molecule has 0 aromatic heterocycles. The van der Waals surface area contributed by atoms with E-state index in [9.17, 15) is 0 Å². The highest BCUT2D eigenvalue weighted by Crippen LogP contribution is 2.36. The summed E-state index contributed by atoms with van der Waals surface area (Å²) in [6.45, 7) is 10.7. The second kappa shape index (κ2) is 14.0. The first-order valence-electron chi connectivity index (χ1n) is 19.3. The number of rotatable bonds is 14. The van der Waals surface area contributed by atoms with Crippen molar-refractivity contribution in [3.05, 3.63) is 118 Å². The number of hydrogen-bond donors (Lipinski definition) is 0. The summed E-state index contributed by atoms with van der Waals surface area (Å²) >= 11 is 0. The third-order valence-electron chi connectivity index (χ3n) is 11.4. The molecule has 6 aromatic carbocycles. The van der Waals surface area contributed by atoms with Gasteiger partial charge in [0, 0.05) is 21.6 Å².